The summed E-state index contributed by atoms with van der Waals surface area (Å²) in [6.07, 6.45) is -6.16. The topological polar surface area (TPSA) is 139 Å². The normalized spacial score (nSPS) is 14.4. The zero-order valence-corrected chi connectivity index (χ0v) is 37.7. The number of nitrogens with zero attached hydrogens (tertiary/aromatic N) is 8. The maximum Gasteiger partial charge on any atom is 0.324 e. The van der Waals surface area contributed by atoms with E-state index in [-0.39, 0.29) is 53.3 Å². The Bertz CT molecular complexity index is 2510. The second kappa shape index (κ2) is 23.0. The molecule has 2 fully saturated rings. The molecule has 2 saturated heterocycles. The Morgan fingerprint density at radius 2 is 1.12 bits per heavy atom. The van der Waals surface area contributed by atoms with Crippen LogP contribution in [0.3, 0.4) is 0 Å². The zero-order valence-electron chi connectivity index (χ0n) is 36.2. The summed E-state index contributed by atoms with van der Waals surface area (Å²) >= 11 is 12.0. The van der Waals surface area contributed by atoms with Crippen LogP contribution in [0.4, 0.5) is 47.3 Å². The van der Waals surface area contributed by atoms with Gasteiger partial charge in [0.05, 0.1) is 19.6 Å². The van der Waals surface area contributed by atoms with Crippen molar-refractivity contribution in [2.45, 2.75) is 25.9 Å². The Hall–Kier alpha value is -6.22. The first kappa shape index (κ1) is 50.2. The van der Waals surface area contributed by atoms with Crippen molar-refractivity contribution in [1.29, 1.82) is 0 Å². The van der Waals surface area contributed by atoms with Crippen LogP contribution in [0.5, 0.6) is 0 Å². The molecule has 5 amide bonds. The Balaban J connectivity index is 0.000000221. The summed E-state index contributed by atoms with van der Waals surface area (Å²) in [6.45, 7) is 4.28. The Morgan fingerprint density at radius 1 is 0.657 bits per heavy atom. The molecule has 0 radical (unpaired) electrons. The van der Waals surface area contributed by atoms with Crippen LogP contribution < -0.4 is 15.1 Å². The minimum Gasteiger partial charge on any atom is -0.415 e. The second-order valence-electron chi connectivity index (χ2n) is 15.6. The van der Waals surface area contributed by atoms with Crippen LogP contribution >= 0.6 is 23.2 Å². The van der Waals surface area contributed by atoms with Crippen molar-refractivity contribution < 1.29 is 49.9 Å². The third-order valence-corrected chi connectivity index (χ3v) is 11.4. The van der Waals surface area contributed by atoms with Gasteiger partial charge in [-0.15, -0.1) is 10.2 Å². The highest BCUT2D eigenvalue weighted by Gasteiger charge is 2.29. The van der Waals surface area contributed by atoms with Crippen molar-refractivity contribution in [3.8, 4) is 11.5 Å². The molecule has 1 N–H and O–H groups in total. The Kier molecular flexibility index (Phi) is 17.2. The number of carbonyl (C=O) groups is 4. The lowest BCUT2D eigenvalue weighted by Gasteiger charge is -2.36. The lowest BCUT2D eigenvalue weighted by Crippen LogP contribution is -2.52. The number of benzene rings is 4. The van der Waals surface area contributed by atoms with E-state index in [4.69, 9.17) is 27.6 Å². The maximum atomic E-state index is 15.0. The van der Waals surface area contributed by atoms with Crippen LogP contribution in [-0.4, -0.2) is 133 Å². The monoisotopic (exact) mass is 975 g/mol. The van der Waals surface area contributed by atoms with Gasteiger partial charge in [-0.2, -0.15) is 17.6 Å². The smallest absolute Gasteiger partial charge is 0.324 e. The van der Waals surface area contributed by atoms with Gasteiger partial charge in [0, 0.05) is 96.0 Å². The number of aromatic nitrogens is 2. The number of hydrogen-bond donors (Lipinski definition) is 1. The number of piperazine rings is 2. The number of alkyl halides is 4. The summed E-state index contributed by atoms with van der Waals surface area (Å²) in [5.41, 5.74) is 1.58. The van der Waals surface area contributed by atoms with Crippen molar-refractivity contribution in [3.63, 3.8) is 0 Å². The van der Waals surface area contributed by atoms with Crippen molar-refractivity contribution in [2.24, 2.45) is 0 Å². The number of urea groups is 2. The highest BCUT2D eigenvalue weighted by molar-refractivity contribution is 6.31. The average Bonchev–Trinajstić information content (AvgIpc) is 3.82. The number of likely N-dealkylation sites (N-methyl/N-ethyl adjacent to an activating group) is 2. The third kappa shape index (κ3) is 13.5. The molecule has 5 aromatic rings. The van der Waals surface area contributed by atoms with E-state index in [1.165, 1.54) is 34.1 Å². The lowest BCUT2D eigenvalue weighted by atomic mass is 10.1. The summed E-state index contributed by atoms with van der Waals surface area (Å²) < 4.78 is 84.7. The highest BCUT2D eigenvalue weighted by Crippen LogP contribution is 2.28. The molecule has 7 rings (SSSR count). The average molecular weight is 977 g/mol. The maximum absolute atomic E-state index is 15.0. The van der Waals surface area contributed by atoms with Gasteiger partial charge in [0.1, 0.15) is 11.6 Å². The van der Waals surface area contributed by atoms with Crippen LogP contribution in [0, 0.1) is 11.6 Å². The van der Waals surface area contributed by atoms with Gasteiger partial charge in [-0.25, -0.2) is 18.4 Å². The summed E-state index contributed by atoms with van der Waals surface area (Å²) in [5, 5.41) is 9.60. The van der Waals surface area contributed by atoms with Gasteiger partial charge in [0.15, 0.2) is 5.78 Å². The summed E-state index contributed by atoms with van der Waals surface area (Å²) in [4.78, 5) is 60.3. The SMILES string of the molecule is CN1CCN(C(=O)N(Cc2ccc(-c3nnc(C(F)F)o3)cc2F)c2ccc(Cl)cc2)CC1.CN1CCN(C(=O)N(Cc2ccc(C(=O)CNC(=O)C(F)F)cc2F)c2ccc(Cl)cc2)CC1. The van der Waals surface area contributed by atoms with E-state index in [2.05, 4.69) is 20.0 Å². The summed E-state index contributed by atoms with van der Waals surface area (Å²) in [6, 6.07) is 20.5. The van der Waals surface area contributed by atoms with E-state index in [0.29, 0.717) is 60.7 Å². The van der Waals surface area contributed by atoms with Crippen molar-refractivity contribution in [3.05, 3.63) is 129 Å². The molecule has 1 aromatic heterocycles. The number of carbonyl (C=O) groups excluding carboxylic acids is 4. The van der Waals surface area contributed by atoms with E-state index < -0.39 is 48.6 Å². The molecule has 4 aromatic carbocycles. The lowest BCUT2D eigenvalue weighted by molar-refractivity contribution is -0.131. The number of hydrogen-bond acceptors (Lipinski definition) is 9. The number of amides is 5. The van der Waals surface area contributed by atoms with Crippen LogP contribution in [0.25, 0.3) is 11.5 Å². The first-order valence-corrected chi connectivity index (χ1v) is 21.5. The van der Waals surface area contributed by atoms with Gasteiger partial charge in [-0.3, -0.25) is 19.4 Å². The van der Waals surface area contributed by atoms with E-state index in [1.807, 2.05) is 14.1 Å². The summed E-state index contributed by atoms with van der Waals surface area (Å²) in [7, 11) is 3.96. The second-order valence-corrected chi connectivity index (χ2v) is 16.4. The molecule has 3 heterocycles. The number of rotatable bonds is 12. The van der Waals surface area contributed by atoms with Crippen LogP contribution in [0.2, 0.25) is 10.0 Å². The van der Waals surface area contributed by atoms with Gasteiger partial charge in [0.25, 0.3) is 11.8 Å². The Labute approximate surface area is 391 Å². The van der Waals surface area contributed by atoms with Gasteiger partial charge >= 0.3 is 24.9 Å². The van der Waals surface area contributed by atoms with Gasteiger partial charge in [-0.05, 0) is 80.8 Å². The van der Waals surface area contributed by atoms with E-state index in [0.717, 1.165) is 25.2 Å². The molecule has 0 saturated carbocycles. The molecule has 2 aliphatic heterocycles. The predicted molar refractivity (Wildman–Crippen MR) is 239 cm³/mol. The number of halogens is 8. The molecule has 0 bridgehead atoms. The molecular weight excluding hydrogens is 931 g/mol. The van der Waals surface area contributed by atoms with Gasteiger partial charge < -0.3 is 29.3 Å². The molecule has 22 heteroatoms. The molecule has 0 unspecified atom stereocenters. The molecule has 356 valence electrons. The zero-order chi connectivity index (χ0) is 48.4. The number of nitrogens with one attached hydrogen (secondary N) is 1. The molecule has 67 heavy (non-hydrogen) atoms. The fraction of sp³-hybridized carbons (Fsp3) is 0.333. The third-order valence-electron chi connectivity index (χ3n) is 10.9. The van der Waals surface area contributed by atoms with Gasteiger partial charge in [0.2, 0.25) is 5.89 Å². The largest absolute Gasteiger partial charge is 0.415 e. The minimum atomic E-state index is -3.25. The Morgan fingerprint density at radius 3 is 1.54 bits per heavy atom. The molecule has 0 aliphatic carbocycles. The fourth-order valence-corrected chi connectivity index (χ4v) is 7.15. The first-order chi connectivity index (χ1) is 32.0. The quantitative estimate of drug-likeness (QED) is 0.0968. The van der Waals surface area contributed by atoms with Gasteiger partial charge in [-0.1, -0.05) is 41.4 Å². The molecule has 0 spiro atoms. The first-order valence-electron chi connectivity index (χ1n) is 20.8. The molecule has 0 atom stereocenters. The summed E-state index contributed by atoms with van der Waals surface area (Å²) in [5.74, 6) is -4.71. The van der Waals surface area contributed by atoms with Crippen molar-refractivity contribution in [2.75, 3.05) is 82.8 Å². The van der Waals surface area contributed by atoms with Crippen LogP contribution in [0.1, 0.15) is 33.8 Å². The van der Waals surface area contributed by atoms with E-state index in [1.54, 1.807) is 63.6 Å². The molecule has 2 aliphatic rings. The highest BCUT2D eigenvalue weighted by atomic mass is 35.5. The predicted octanol–water partition coefficient (Wildman–Crippen LogP) is 8.26. The van der Waals surface area contributed by atoms with E-state index >= 15 is 0 Å². The van der Waals surface area contributed by atoms with E-state index in [9.17, 15) is 45.5 Å². The van der Waals surface area contributed by atoms with Crippen molar-refractivity contribution >= 4 is 58.3 Å². The van der Waals surface area contributed by atoms with Crippen LogP contribution in [0.15, 0.2) is 89.3 Å². The molecular formula is C45H45Cl2F6N9O5. The minimum absolute atomic E-state index is 0.0367. The molecule has 14 nitrogen and oxygen atoms in total. The number of anilines is 2. The van der Waals surface area contributed by atoms with Crippen molar-refractivity contribution in [1.82, 2.24) is 35.1 Å². The number of Topliss-reactive ketones (excluding diaryl/α,β-unsaturated/α-hetero) is 1. The standard InChI is InChI=1S/C23H24ClF3N4O3.C22H21ClF3N5O2/c1-29-8-10-30(11-9-29)23(34)31(18-6-4-17(24)5-7-18)14-16-3-2-15(12-19(16)25)20(32)13-28-22(33)21(26)27;1-29-8-10-30(11-9-29)22(32)31(17-6-4-16(23)5-7-17)13-15-3-2-14(12-18(15)24)20-27-28-21(33-20)19(25)26/h2-7,12,21H,8-11,13-14H2,1H3,(H,28,33);2-7,12,19H,8-11,13H2,1H3. The fourth-order valence-electron chi connectivity index (χ4n) is 6.90. The number of ketones is 1. The van der Waals surface area contributed by atoms with Crippen LogP contribution in [-0.2, 0) is 17.9 Å².